The average molecular weight is 281 g/mol. The number of carbonyl (C=O) groups is 1. The molecule has 2 rings (SSSR count). The minimum atomic E-state index is 0.167. The Morgan fingerprint density at radius 2 is 2.47 bits per heavy atom. The van der Waals surface area contributed by atoms with Crippen molar-refractivity contribution in [1.82, 2.24) is 15.6 Å². The lowest BCUT2D eigenvalue weighted by atomic mass is 10.0. The second-order valence-corrected chi connectivity index (χ2v) is 6.11. The molecule has 0 saturated carbocycles. The molecule has 0 aliphatic carbocycles. The first-order valence-electron chi connectivity index (χ1n) is 7.15. The van der Waals surface area contributed by atoms with E-state index in [4.69, 9.17) is 0 Å². The second kappa shape index (κ2) is 7.60. The van der Waals surface area contributed by atoms with Crippen molar-refractivity contribution in [3.05, 3.63) is 16.1 Å². The van der Waals surface area contributed by atoms with Gasteiger partial charge >= 0.3 is 0 Å². The lowest BCUT2D eigenvalue weighted by molar-refractivity contribution is -0.121. The average Bonchev–Trinajstić information content (AvgIpc) is 2.83. The highest BCUT2D eigenvalue weighted by atomic mass is 32.1. The molecule has 2 N–H and O–H groups in total. The molecule has 1 aliphatic rings. The number of rotatable bonds is 6. The predicted octanol–water partition coefficient (Wildman–Crippen LogP) is 2.03. The Labute approximate surface area is 119 Å². The summed E-state index contributed by atoms with van der Waals surface area (Å²) in [5.74, 6) is 0.167. The number of carbonyl (C=O) groups excluding carboxylic acids is 1. The lowest BCUT2D eigenvalue weighted by Gasteiger charge is -2.23. The van der Waals surface area contributed by atoms with Gasteiger partial charge in [0.25, 0.3) is 0 Å². The molecule has 0 radical (unpaired) electrons. The number of piperidine rings is 1. The van der Waals surface area contributed by atoms with Gasteiger partial charge in [0.05, 0.1) is 5.01 Å². The van der Waals surface area contributed by atoms with Crippen LogP contribution >= 0.6 is 11.3 Å². The highest BCUT2D eigenvalue weighted by Crippen LogP contribution is 2.11. The summed E-state index contributed by atoms with van der Waals surface area (Å²) in [6.07, 6.45) is 6.22. The molecule has 0 aromatic carbocycles. The van der Waals surface area contributed by atoms with Gasteiger partial charge < -0.3 is 10.6 Å². The largest absolute Gasteiger partial charge is 0.356 e. The first kappa shape index (κ1) is 14.5. The maximum absolute atomic E-state index is 11.7. The number of aryl methyl sites for hydroxylation is 1. The molecular formula is C14H23N3OS. The van der Waals surface area contributed by atoms with Crippen LogP contribution in [0.1, 0.15) is 42.8 Å². The van der Waals surface area contributed by atoms with E-state index in [1.54, 1.807) is 11.3 Å². The molecule has 4 nitrogen and oxygen atoms in total. The molecule has 1 aliphatic heterocycles. The predicted molar refractivity (Wildman–Crippen MR) is 78.4 cm³/mol. The summed E-state index contributed by atoms with van der Waals surface area (Å²) in [7, 11) is 0. The third-order valence-electron chi connectivity index (χ3n) is 3.46. The molecule has 0 bridgehead atoms. The monoisotopic (exact) mass is 281 g/mol. The molecule has 1 fully saturated rings. The van der Waals surface area contributed by atoms with Gasteiger partial charge in [0, 0.05) is 36.5 Å². The molecule has 0 spiro atoms. The molecule has 19 heavy (non-hydrogen) atoms. The molecule has 1 amide bonds. The molecule has 1 atom stereocenters. The zero-order valence-corrected chi connectivity index (χ0v) is 12.4. The Bertz CT molecular complexity index is 399. The Hall–Kier alpha value is -0.940. The molecule has 5 heteroatoms. The van der Waals surface area contributed by atoms with E-state index in [-0.39, 0.29) is 5.91 Å². The van der Waals surface area contributed by atoms with Crippen molar-refractivity contribution in [3.63, 3.8) is 0 Å². The number of hydrogen-bond donors (Lipinski definition) is 2. The summed E-state index contributed by atoms with van der Waals surface area (Å²) in [5, 5.41) is 9.60. The highest BCUT2D eigenvalue weighted by molar-refractivity contribution is 7.09. The number of nitrogens with zero attached hydrogens (tertiary/aromatic N) is 1. The van der Waals surface area contributed by atoms with Crippen molar-refractivity contribution in [1.29, 1.82) is 0 Å². The number of nitrogens with one attached hydrogen (secondary N) is 2. The van der Waals surface area contributed by atoms with Crippen LogP contribution in [-0.4, -0.2) is 30.0 Å². The minimum Gasteiger partial charge on any atom is -0.356 e. The van der Waals surface area contributed by atoms with Crippen LogP contribution in [-0.2, 0) is 11.2 Å². The first-order valence-corrected chi connectivity index (χ1v) is 8.03. The van der Waals surface area contributed by atoms with E-state index in [0.29, 0.717) is 19.0 Å². The minimum absolute atomic E-state index is 0.167. The fourth-order valence-corrected chi connectivity index (χ4v) is 3.17. The third kappa shape index (κ3) is 5.28. The summed E-state index contributed by atoms with van der Waals surface area (Å²) in [5.41, 5.74) is 1.06. The van der Waals surface area contributed by atoms with Crippen LogP contribution in [0.2, 0.25) is 0 Å². The number of aromatic nitrogens is 1. The molecule has 1 unspecified atom stereocenters. The van der Waals surface area contributed by atoms with Crippen molar-refractivity contribution in [3.8, 4) is 0 Å². The topological polar surface area (TPSA) is 54.0 Å². The summed E-state index contributed by atoms with van der Waals surface area (Å²) in [6.45, 7) is 3.80. The zero-order valence-electron chi connectivity index (χ0n) is 11.6. The van der Waals surface area contributed by atoms with Crippen molar-refractivity contribution in [2.45, 2.75) is 51.5 Å². The Kier molecular flexibility index (Phi) is 5.79. The van der Waals surface area contributed by atoms with Crippen LogP contribution in [0.25, 0.3) is 0 Å². The molecule has 1 saturated heterocycles. The van der Waals surface area contributed by atoms with Crippen LogP contribution in [0.5, 0.6) is 0 Å². The summed E-state index contributed by atoms with van der Waals surface area (Å²) in [6, 6.07) is 0.543. The van der Waals surface area contributed by atoms with Crippen molar-refractivity contribution >= 4 is 17.2 Å². The molecule has 1 aromatic rings. The van der Waals surface area contributed by atoms with Gasteiger partial charge in [0.1, 0.15) is 0 Å². The Balaban J connectivity index is 1.56. The Morgan fingerprint density at radius 3 is 3.16 bits per heavy atom. The Morgan fingerprint density at radius 1 is 1.58 bits per heavy atom. The van der Waals surface area contributed by atoms with Gasteiger partial charge in [0.2, 0.25) is 5.91 Å². The fourth-order valence-electron chi connectivity index (χ4n) is 2.39. The SMILES string of the molecule is Cc1csc(CCNC(=O)CCC2CCCCN2)n1. The standard InChI is InChI=1S/C14H23N3OS/c1-11-10-19-14(17-11)7-9-16-13(18)6-5-12-4-2-3-8-15-12/h10,12,15H,2-9H2,1H3,(H,16,18). The maximum atomic E-state index is 11.7. The second-order valence-electron chi connectivity index (χ2n) is 5.17. The summed E-state index contributed by atoms with van der Waals surface area (Å²) in [4.78, 5) is 16.1. The van der Waals surface area contributed by atoms with Crippen LogP contribution in [0.4, 0.5) is 0 Å². The zero-order chi connectivity index (χ0) is 13.5. The number of amides is 1. The van der Waals surface area contributed by atoms with Crippen molar-refractivity contribution in [2.24, 2.45) is 0 Å². The van der Waals surface area contributed by atoms with E-state index >= 15 is 0 Å². The molecule has 106 valence electrons. The number of thiazole rings is 1. The van der Waals surface area contributed by atoms with E-state index in [1.807, 2.05) is 12.3 Å². The van der Waals surface area contributed by atoms with Gasteiger partial charge in [-0.2, -0.15) is 0 Å². The van der Waals surface area contributed by atoms with E-state index in [9.17, 15) is 4.79 Å². The molecule has 1 aromatic heterocycles. The van der Waals surface area contributed by atoms with E-state index < -0.39 is 0 Å². The quantitative estimate of drug-likeness (QED) is 0.839. The van der Waals surface area contributed by atoms with Crippen LogP contribution in [0, 0.1) is 6.92 Å². The van der Waals surface area contributed by atoms with Crippen LogP contribution in [0.15, 0.2) is 5.38 Å². The van der Waals surface area contributed by atoms with Gasteiger partial charge in [-0.3, -0.25) is 4.79 Å². The van der Waals surface area contributed by atoms with Gasteiger partial charge in [-0.05, 0) is 32.7 Å². The van der Waals surface area contributed by atoms with E-state index in [0.717, 1.165) is 30.1 Å². The fraction of sp³-hybridized carbons (Fsp3) is 0.714. The first-order chi connectivity index (χ1) is 9.24. The van der Waals surface area contributed by atoms with E-state index in [2.05, 4.69) is 15.6 Å². The van der Waals surface area contributed by atoms with Gasteiger partial charge in [-0.25, -0.2) is 4.98 Å². The van der Waals surface area contributed by atoms with Crippen molar-refractivity contribution < 1.29 is 4.79 Å². The maximum Gasteiger partial charge on any atom is 0.220 e. The lowest BCUT2D eigenvalue weighted by Crippen LogP contribution is -2.35. The third-order valence-corrected chi connectivity index (χ3v) is 4.49. The van der Waals surface area contributed by atoms with Crippen LogP contribution in [0.3, 0.4) is 0 Å². The highest BCUT2D eigenvalue weighted by Gasteiger charge is 2.13. The van der Waals surface area contributed by atoms with Gasteiger partial charge in [-0.15, -0.1) is 11.3 Å². The van der Waals surface area contributed by atoms with Crippen molar-refractivity contribution in [2.75, 3.05) is 13.1 Å². The smallest absolute Gasteiger partial charge is 0.220 e. The van der Waals surface area contributed by atoms with E-state index in [1.165, 1.54) is 19.3 Å². The summed E-state index contributed by atoms with van der Waals surface area (Å²) < 4.78 is 0. The normalized spacial score (nSPS) is 19.3. The summed E-state index contributed by atoms with van der Waals surface area (Å²) >= 11 is 1.66. The van der Waals surface area contributed by atoms with Crippen LogP contribution < -0.4 is 10.6 Å². The van der Waals surface area contributed by atoms with Gasteiger partial charge in [0.15, 0.2) is 0 Å². The molecular weight excluding hydrogens is 258 g/mol. The molecule has 2 heterocycles. The number of hydrogen-bond acceptors (Lipinski definition) is 4. The van der Waals surface area contributed by atoms with Gasteiger partial charge in [-0.1, -0.05) is 6.42 Å².